The van der Waals surface area contributed by atoms with E-state index >= 15 is 0 Å². The van der Waals surface area contributed by atoms with Crippen molar-refractivity contribution in [3.8, 4) is 11.3 Å². The zero-order chi connectivity index (χ0) is 20.4. The van der Waals surface area contributed by atoms with Crippen LogP contribution in [0.25, 0.3) is 17.3 Å². The van der Waals surface area contributed by atoms with Gasteiger partial charge in [-0.2, -0.15) is 0 Å². The van der Waals surface area contributed by atoms with Crippen molar-refractivity contribution >= 4 is 29.4 Å². The average molecular weight is 404 g/mol. The number of aromatic nitrogens is 2. The van der Waals surface area contributed by atoms with Crippen molar-refractivity contribution in [2.75, 3.05) is 5.32 Å². The van der Waals surface area contributed by atoms with Crippen LogP contribution in [0, 0.1) is 0 Å². The van der Waals surface area contributed by atoms with Crippen LogP contribution in [0.1, 0.15) is 36.4 Å². The summed E-state index contributed by atoms with van der Waals surface area (Å²) in [7, 11) is 0. The number of rotatable bonds is 4. The van der Waals surface area contributed by atoms with E-state index in [0.717, 1.165) is 40.9 Å². The number of carbonyl (C=O) groups is 1. The van der Waals surface area contributed by atoms with E-state index in [1.54, 1.807) is 12.1 Å². The molecule has 3 aromatic rings. The minimum atomic E-state index is -0.124. The largest absolute Gasteiger partial charge is 0.309 e. The molecule has 0 spiro atoms. The van der Waals surface area contributed by atoms with Crippen molar-refractivity contribution in [3.05, 3.63) is 81.6 Å². The highest BCUT2D eigenvalue weighted by molar-refractivity contribution is 6.30. The van der Waals surface area contributed by atoms with Gasteiger partial charge in [0.1, 0.15) is 5.69 Å². The Bertz CT molecular complexity index is 1100. The van der Waals surface area contributed by atoms with Crippen LogP contribution in [0.4, 0.5) is 5.82 Å². The Labute approximate surface area is 175 Å². The van der Waals surface area contributed by atoms with Crippen molar-refractivity contribution in [2.24, 2.45) is 0 Å². The van der Waals surface area contributed by atoms with Gasteiger partial charge in [0.05, 0.1) is 17.8 Å². The molecule has 0 fully saturated rings. The lowest BCUT2D eigenvalue weighted by Crippen LogP contribution is -2.19. The Balaban J connectivity index is 1.67. The van der Waals surface area contributed by atoms with E-state index in [1.165, 1.54) is 5.56 Å². The van der Waals surface area contributed by atoms with Crippen LogP contribution in [0.2, 0.25) is 5.02 Å². The molecule has 1 aliphatic carbocycles. The second-order valence-electron chi connectivity index (χ2n) is 7.48. The molecule has 146 valence electrons. The molecule has 1 heterocycles. The summed E-state index contributed by atoms with van der Waals surface area (Å²) in [6, 6.07) is 15.6. The van der Waals surface area contributed by atoms with Gasteiger partial charge in [0.2, 0.25) is 5.91 Å². The van der Waals surface area contributed by atoms with Crippen LogP contribution in [0.5, 0.6) is 0 Å². The molecule has 0 unspecified atom stereocenters. The summed E-state index contributed by atoms with van der Waals surface area (Å²) in [5.41, 5.74) is 6.93. The van der Waals surface area contributed by atoms with Crippen LogP contribution in [-0.4, -0.2) is 15.9 Å². The predicted octanol–water partition coefficient (Wildman–Crippen LogP) is 5.50. The number of halogens is 1. The van der Waals surface area contributed by atoms with Crippen LogP contribution in [0.3, 0.4) is 0 Å². The van der Waals surface area contributed by atoms with E-state index in [0.29, 0.717) is 16.5 Å². The summed E-state index contributed by atoms with van der Waals surface area (Å²) < 4.78 is 0. The predicted molar refractivity (Wildman–Crippen MR) is 118 cm³/mol. The third-order valence-electron chi connectivity index (χ3n) is 4.86. The summed E-state index contributed by atoms with van der Waals surface area (Å²) in [5, 5.41) is 3.62. The third kappa shape index (κ3) is 4.38. The maximum Gasteiger partial charge on any atom is 0.230 e. The van der Waals surface area contributed by atoms with E-state index in [-0.39, 0.29) is 12.3 Å². The molecule has 1 amide bonds. The smallest absolute Gasteiger partial charge is 0.230 e. The van der Waals surface area contributed by atoms with Crippen molar-refractivity contribution in [1.82, 2.24) is 9.97 Å². The number of carbonyl (C=O) groups excluding carboxylic acids is 1. The number of nitrogens with zero attached hydrogens (tertiary/aromatic N) is 2. The Kier molecular flexibility index (Phi) is 5.45. The average Bonchev–Trinajstić information content (AvgIpc) is 2.70. The molecule has 29 heavy (non-hydrogen) atoms. The maximum atomic E-state index is 12.6. The van der Waals surface area contributed by atoms with Crippen LogP contribution >= 0.6 is 11.6 Å². The maximum absolute atomic E-state index is 12.6. The lowest BCUT2D eigenvalue weighted by atomic mass is 9.92. The van der Waals surface area contributed by atoms with Crippen molar-refractivity contribution in [1.29, 1.82) is 0 Å². The number of fused-ring (bicyclic) bond motifs is 3. The highest BCUT2D eigenvalue weighted by Crippen LogP contribution is 2.33. The molecule has 0 bridgehead atoms. The molecule has 1 aromatic heterocycles. The minimum absolute atomic E-state index is 0.124. The molecule has 1 aliphatic rings. The van der Waals surface area contributed by atoms with E-state index in [1.807, 2.05) is 38.1 Å². The van der Waals surface area contributed by atoms with Gasteiger partial charge >= 0.3 is 0 Å². The Hall–Kier alpha value is -2.98. The number of amides is 1. The standard InChI is InChI=1S/C24H22ClN3O/c1-15(2)13-21-24(28-22(29)14-16-7-10-18(25)11-8-16)27-20-12-9-17-5-3-4-6-19(17)23(20)26-21/h3-8,10-11,13H,9,12,14H2,1-2H3,(H,27,28,29). The monoisotopic (exact) mass is 403 g/mol. The second-order valence-corrected chi connectivity index (χ2v) is 7.92. The number of nitrogens with one attached hydrogen (secondary N) is 1. The summed E-state index contributed by atoms with van der Waals surface area (Å²) in [6.07, 6.45) is 3.96. The number of hydrogen-bond acceptors (Lipinski definition) is 3. The first-order chi connectivity index (χ1) is 14.0. The zero-order valence-corrected chi connectivity index (χ0v) is 17.3. The first kappa shape index (κ1) is 19.3. The first-order valence-electron chi connectivity index (χ1n) is 9.68. The highest BCUT2D eigenvalue weighted by atomic mass is 35.5. The van der Waals surface area contributed by atoms with Crippen LogP contribution < -0.4 is 5.32 Å². The van der Waals surface area contributed by atoms with Crippen LogP contribution in [-0.2, 0) is 24.1 Å². The van der Waals surface area contributed by atoms with Gasteiger partial charge in [0.25, 0.3) is 0 Å². The normalized spacial score (nSPS) is 12.0. The summed E-state index contributed by atoms with van der Waals surface area (Å²) in [6.45, 7) is 4.02. The number of allylic oxidation sites excluding steroid dienone is 1. The molecule has 1 N–H and O–H groups in total. The fourth-order valence-electron chi connectivity index (χ4n) is 3.53. The van der Waals surface area contributed by atoms with Crippen molar-refractivity contribution < 1.29 is 4.79 Å². The molecule has 4 rings (SSSR count). The minimum Gasteiger partial charge on any atom is -0.309 e. The molecular formula is C24H22ClN3O. The summed E-state index contributed by atoms with van der Waals surface area (Å²) in [5.74, 6) is 0.393. The van der Waals surface area contributed by atoms with Crippen LogP contribution in [0.15, 0.2) is 54.1 Å². The zero-order valence-electron chi connectivity index (χ0n) is 16.5. The number of hydrogen-bond donors (Lipinski definition) is 1. The van der Waals surface area contributed by atoms with Gasteiger partial charge in [-0.1, -0.05) is 53.6 Å². The molecule has 0 aliphatic heterocycles. The van der Waals surface area contributed by atoms with Gasteiger partial charge in [-0.05, 0) is 56.0 Å². The Morgan fingerprint density at radius 1 is 1.07 bits per heavy atom. The topological polar surface area (TPSA) is 54.9 Å². The molecule has 0 saturated carbocycles. The van der Waals surface area contributed by atoms with E-state index in [9.17, 15) is 4.79 Å². The Morgan fingerprint density at radius 3 is 2.59 bits per heavy atom. The molecular weight excluding hydrogens is 382 g/mol. The van der Waals surface area contributed by atoms with Gasteiger partial charge in [0.15, 0.2) is 5.82 Å². The quantitative estimate of drug-likeness (QED) is 0.625. The fourth-order valence-corrected chi connectivity index (χ4v) is 3.65. The lowest BCUT2D eigenvalue weighted by Gasteiger charge is -2.20. The van der Waals surface area contributed by atoms with Crippen molar-refractivity contribution in [2.45, 2.75) is 33.1 Å². The van der Waals surface area contributed by atoms with Crippen molar-refractivity contribution in [3.63, 3.8) is 0 Å². The molecule has 4 nitrogen and oxygen atoms in total. The van der Waals surface area contributed by atoms with Gasteiger partial charge in [-0.25, -0.2) is 9.97 Å². The number of benzene rings is 2. The lowest BCUT2D eigenvalue weighted by molar-refractivity contribution is -0.115. The summed E-state index contributed by atoms with van der Waals surface area (Å²) in [4.78, 5) is 22.3. The van der Waals surface area contributed by atoms with E-state index < -0.39 is 0 Å². The van der Waals surface area contributed by atoms with Gasteiger partial charge in [0, 0.05) is 10.6 Å². The van der Waals surface area contributed by atoms with Gasteiger partial charge in [-0.15, -0.1) is 0 Å². The van der Waals surface area contributed by atoms with Gasteiger partial charge < -0.3 is 5.32 Å². The highest BCUT2D eigenvalue weighted by Gasteiger charge is 2.21. The first-order valence-corrected chi connectivity index (χ1v) is 10.1. The summed E-state index contributed by atoms with van der Waals surface area (Å²) >= 11 is 5.93. The molecule has 0 saturated heterocycles. The Morgan fingerprint density at radius 2 is 1.83 bits per heavy atom. The number of anilines is 1. The molecule has 0 radical (unpaired) electrons. The molecule has 5 heteroatoms. The number of aryl methyl sites for hydroxylation is 2. The van der Waals surface area contributed by atoms with Gasteiger partial charge in [-0.3, -0.25) is 4.79 Å². The molecule has 0 atom stereocenters. The SMILES string of the molecule is CC(C)=Cc1nc2c(nc1NC(=O)Cc1ccc(Cl)cc1)CCc1ccccc1-2. The second kappa shape index (κ2) is 8.18. The fraction of sp³-hybridized carbons (Fsp3) is 0.208. The van der Waals surface area contributed by atoms with E-state index in [2.05, 4.69) is 23.5 Å². The third-order valence-corrected chi connectivity index (χ3v) is 5.11. The van der Waals surface area contributed by atoms with E-state index in [4.69, 9.17) is 21.6 Å². The molecule has 2 aromatic carbocycles.